The quantitative estimate of drug-likeness (QED) is 0.527. The van der Waals surface area contributed by atoms with Crippen LogP contribution < -0.4 is 15.5 Å². The van der Waals surface area contributed by atoms with Crippen molar-refractivity contribution < 1.29 is 9.53 Å². The third-order valence-corrected chi connectivity index (χ3v) is 4.07. The van der Waals surface area contributed by atoms with Crippen molar-refractivity contribution in [2.24, 2.45) is 5.10 Å². The normalized spacial score (nSPS) is 12.1. The zero-order valence-corrected chi connectivity index (χ0v) is 14.8. The number of rotatable bonds is 6. The third kappa shape index (κ3) is 4.19. The van der Waals surface area contributed by atoms with Gasteiger partial charge in [0.2, 0.25) is 0 Å². The molecule has 0 spiro atoms. The van der Waals surface area contributed by atoms with Gasteiger partial charge in [0.1, 0.15) is 11.8 Å². The molecule has 0 bridgehead atoms. The SMILES string of the molecule is COc1ccc(NC(C)C(=O)N/N=C/c2cccc3ccccc23)cc1. The number of carbonyl (C=O) groups is 1. The Morgan fingerprint density at radius 2 is 1.77 bits per heavy atom. The molecule has 1 atom stereocenters. The fraction of sp³-hybridized carbons (Fsp3) is 0.143. The van der Waals surface area contributed by atoms with Gasteiger partial charge in [0.25, 0.3) is 5.91 Å². The molecule has 3 aromatic rings. The maximum Gasteiger partial charge on any atom is 0.262 e. The number of carbonyl (C=O) groups excluding carboxylic acids is 1. The number of nitrogens with zero attached hydrogens (tertiary/aromatic N) is 1. The number of fused-ring (bicyclic) bond motifs is 1. The Hall–Kier alpha value is -3.34. The van der Waals surface area contributed by atoms with Crippen molar-refractivity contribution in [3.63, 3.8) is 0 Å². The highest BCUT2D eigenvalue weighted by Gasteiger charge is 2.11. The predicted octanol–water partition coefficient (Wildman–Crippen LogP) is 3.80. The summed E-state index contributed by atoms with van der Waals surface area (Å²) in [6.07, 6.45) is 1.67. The summed E-state index contributed by atoms with van der Waals surface area (Å²) in [5.41, 5.74) is 4.38. The molecule has 5 nitrogen and oxygen atoms in total. The molecule has 0 aromatic heterocycles. The average Bonchev–Trinajstić information content (AvgIpc) is 2.68. The van der Waals surface area contributed by atoms with Crippen LogP contribution in [0, 0.1) is 0 Å². The molecule has 1 amide bonds. The van der Waals surface area contributed by atoms with E-state index in [0.717, 1.165) is 27.8 Å². The van der Waals surface area contributed by atoms with E-state index in [9.17, 15) is 4.79 Å². The second-order valence-electron chi connectivity index (χ2n) is 5.90. The molecule has 0 aliphatic rings. The topological polar surface area (TPSA) is 62.7 Å². The number of benzene rings is 3. The molecular weight excluding hydrogens is 326 g/mol. The summed E-state index contributed by atoms with van der Waals surface area (Å²) in [7, 11) is 1.62. The van der Waals surface area contributed by atoms with Gasteiger partial charge in [0.15, 0.2) is 0 Å². The summed E-state index contributed by atoms with van der Waals surface area (Å²) >= 11 is 0. The van der Waals surface area contributed by atoms with E-state index in [1.165, 1.54) is 0 Å². The van der Waals surface area contributed by atoms with Crippen LogP contribution in [0.3, 0.4) is 0 Å². The number of hydrogen-bond acceptors (Lipinski definition) is 4. The van der Waals surface area contributed by atoms with Crippen LogP contribution in [0.5, 0.6) is 5.75 Å². The van der Waals surface area contributed by atoms with Crippen molar-refractivity contribution in [2.45, 2.75) is 13.0 Å². The number of ether oxygens (including phenoxy) is 1. The molecule has 0 heterocycles. The van der Waals surface area contributed by atoms with E-state index in [-0.39, 0.29) is 5.91 Å². The lowest BCUT2D eigenvalue weighted by Crippen LogP contribution is -2.34. The van der Waals surface area contributed by atoms with Crippen molar-refractivity contribution in [3.8, 4) is 5.75 Å². The van der Waals surface area contributed by atoms with Crippen molar-refractivity contribution in [3.05, 3.63) is 72.3 Å². The average molecular weight is 347 g/mol. The molecule has 0 saturated heterocycles. The molecule has 0 fully saturated rings. The number of hydrogen-bond donors (Lipinski definition) is 2. The number of methoxy groups -OCH3 is 1. The maximum atomic E-state index is 12.2. The zero-order chi connectivity index (χ0) is 18.4. The summed E-state index contributed by atoms with van der Waals surface area (Å²) in [5.74, 6) is 0.560. The van der Waals surface area contributed by atoms with Crippen molar-refractivity contribution in [1.29, 1.82) is 0 Å². The second kappa shape index (κ2) is 8.16. The van der Waals surface area contributed by atoms with E-state index in [1.54, 1.807) is 20.2 Å². The highest BCUT2D eigenvalue weighted by atomic mass is 16.5. The highest BCUT2D eigenvalue weighted by Crippen LogP contribution is 2.17. The van der Waals surface area contributed by atoms with Gasteiger partial charge in [-0.1, -0.05) is 42.5 Å². The molecule has 1 unspecified atom stereocenters. The molecule has 3 aromatic carbocycles. The summed E-state index contributed by atoms with van der Waals surface area (Å²) in [4.78, 5) is 12.2. The lowest BCUT2D eigenvalue weighted by atomic mass is 10.1. The van der Waals surface area contributed by atoms with Gasteiger partial charge in [-0.3, -0.25) is 4.79 Å². The Balaban J connectivity index is 1.61. The Labute approximate surface area is 152 Å². The summed E-state index contributed by atoms with van der Waals surface area (Å²) in [6.45, 7) is 1.78. The minimum absolute atomic E-state index is 0.211. The first kappa shape index (κ1) is 17.5. The van der Waals surface area contributed by atoms with E-state index in [1.807, 2.05) is 66.7 Å². The summed E-state index contributed by atoms with van der Waals surface area (Å²) in [6, 6.07) is 21.0. The molecule has 2 N–H and O–H groups in total. The minimum atomic E-state index is -0.423. The Bertz CT molecular complexity index is 915. The Morgan fingerprint density at radius 1 is 1.04 bits per heavy atom. The molecule has 0 aliphatic carbocycles. The van der Waals surface area contributed by atoms with Crippen molar-refractivity contribution >= 4 is 28.6 Å². The van der Waals surface area contributed by atoms with Gasteiger partial charge in [-0.05, 0) is 42.0 Å². The van der Waals surface area contributed by atoms with Gasteiger partial charge in [-0.2, -0.15) is 5.10 Å². The van der Waals surface area contributed by atoms with Crippen LogP contribution in [0.1, 0.15) is 12.5 Å². The fourth-order valence-electron chi connectivity index (χ4n) is 2.63. The van der Waals surface area contributed by atoms with E-state index < -0.39 is 6.04 Å². The standard InChI is InChI=1S/C21H21N3O2/c1-15(23-18-10-12-19(26-2)13-11-18)21(25)24-22-14-17-8-5-7-16-6-3-4-9-20(16)17/h3-15,23H,1-2H3,(H,24,25)/b22-14+. The number of amides is 1. The largest absolute Gasteiger partial charge is 0.497 e. The van der Waals surface area contributed by atoms with Gasteiger partial charge in [0, 0.05) is 11.3 Å². The first-order valence-electron chi connectivity index (χ1n) is 8.38. The number of nitrogens with one attached hydrogen (secondary N) is 2. The highest BCUT2D eigenvalue weighted by molar-refractivity contribution is 6.00. The maximum absolute atomic E-state index is 12.2. The summed E-state index contributed by atoms with van der Waals surface area (Å²) in [5, 5.41) is 9.46. The predicted molar refractivity (Wildman–Crippen MR) is 106 cm³/mol. The molecular formula is C21H21N3O2. The van der Waals surface area contributed by atoms with Gasteiger partial charge < -0.3 is 10.1 Å². The van der Waals surface area contributed by atoms with E-state index in [0.29, 0.717) is 0 Å². The zero-order valence-electron chi connectivity index (χ0n) is 14.8. The number of hydrazone groups is 1. The number of anilines is 1. The minimum Gasteiger partial charge on any atom is -0.497 e. The molecule has 0 aliphatic heterocycles. The molecule has 5 heteroatoms. The molecule has 26 heavy (non-hydrogen) atoms. The van der Waals surface area contributed by atoms with Crippen LogP contribution in [-0.2, 0) is 4.79 Å². The first-order valence-corrected chi connectivity index (χ1v) is 8.38. The Kier molecular flexibility index (Phi) is 5.49. The monoisotopic (exact) mass is 347 g/mol. The van der Waals surface area contributed by atoms with Gasteiger partial charge in [-0.15, -0.1) is 0 Å². The second-order valence-corrected chi connectivity index (χ2v) is 5.90. The van der Waals surface area contributed by atoms with Crippen LogP contribution in [-0.4, -0.2) is 25.3 Å². The molecule has 3 rings (SSSR count). The Morgan fingerprint density at radius 3 is 2.54 bits per heavy atom. The third-order valence-electron chi connectivity index (χ3n) is 4.07. The van der Waals surface area contributed by atoms with Crippen molar-refractivity contribution in [2.75, 3.05) is 12.4 Å². The van der Waals surface area contributed by atoms with E-state index in [2.05, 4.69) is 15.8 Å². The van der Waals surface area contributed by atoms with E-state index in [4.69, 9.17) is 4.74 Å². The van der Waals surface area contributed by atoms with Gasteiger partial charge in [0.05, 0.1) is 13.3 Å². The lowest BCUT2D eigenvalue weighted by Gasteiger charge is -2.13. The van der Waals surface area contributed by atoms with Crippen LogP contribution in [0.2, 0.25) is 0 Å². The van der Waals surface area contributed by atoms with Gasteiger partial charge in [-0.25, -0.2) is 5.43 Å². The van der Waals surface area contributed by atoms with Crippen LogP contribution in [0.4, 0.5) is 5.69 Å². The fourth-order valence-corrected chi connectivity index (χ4v) is 2.63. The molecule has 0 radical (unpaired) electrons. The molecule has 132 valence electrons. The summed E-state index contributed by atoms with van der Waals surface area (Å²) < 4.78 is 5.12. The van der Waals surface area contributed by atoms with Crippen LogP contribution in [0.25, 0.3) is 10.8 Å². The first-order chi connectivity index (χ1) is 12.7. The van der Waals surface area contributed by atoms with Crippen LogP contribution in [0.15, 0.2) is 71.8 Å². The van der Waals surface area contributed by atoms with E-state index >= 15 is 0 Å². The molecule has 0 saturated carbocycles. The van der Waals surface area contributed by atoms with Crippen molar-refractivity contribution in [1.82, 2.24) is 5.43 Å². The lowest BCUT2D eigenvalue weighted by molar-refractivity contribution is -0.121. The van der Waals surface area contributed by atoms with Gasteiger partial charge >= 0.3 is 0 Å². The smallest absolute Gasteiger partial charge is 0.262 e. The van der Waals surface area contributed by atoms with Crippen LogP contribution >= 0.6 is 0 Å².